The molecule has 1 aliphatic rings. The van der Waals surface area contributed by atoms with Crippen molar-refractivity contribution in [2.75, 3.05) is 11.6 Å². The third kappa shape index (κ3) is 3.54. The van der Waals surface area contributed by atoms with Gasteiger partial charge in [0.15, 0.2) is 0 Å². The largest absolute Gasteiger partial charge is 0.480 e. The van der Waals surface area contributed by atoms with E-state index in [1.165, 1.54) is 16.7 Å². The van der Waals surface area contributed by atoms with E-state index >= 15 is 0 Å². The van der Waals surface area contributed by atoms with E-state index in [9.17, 15) is 9.59 Å². The average Bonchev–Trinajstić information content (AvgIpc) is 2.85. The molecule has 1 aromatic rings. The van der Waals surface area contributed by atoms with Crippen molar-refractivity contribution in [2.24, 2.45) is 0 Å². The minimum Gasteiger partial charge on any atom is -0.480 e. The number of nitrogens with one attached hydrogen (secondary N) is 1. The highest BCUT2D eigenvalue weighted by Crippen LogP contribution is 2.21. The number of carbonyl (C=O) groups excluding carboxylic acids is 1. The van der Waals surface area contributed by atoms with Gasteiger partial charge < -0.3 is 15.3 Å². The molecule has 0 aliphatic carbocycles. The number of thioether (sulfide) groups is 1. The summed E-state index contributed by atoms with van der Waals surface area (Å²) in [6, 6.07) is 6.05. The van der Waals surface area contributed by atoms with Crippen molar-refractivity contribution in [2.45, 2.75) is 12.6 Å². The number of hydrogen-bond acceptors (Lipinski definition) is 3. The highest BCUT2D eigenvalue weighted by molar-refractivity contribution is 7.99. The molecule has 0 saturated carbocycles. The van der Waals surface area contributed by atoms with Gasteiger partial charge in [0.1, 0.15) is 6.04 Å². The van der Waals surface area contributed by atoms with Gasteiger partial charge in [-0.15, -0.1) is 11.8 Å². The molecular formula is C12H13ClN2O3S. The van der Waals surface area contributed by atoms with Crippen molar-refractivity contribution in [1.29, 1.82) is 0 Å². The van der Waals surface area contributed by atoms with Crippen molar-refractivity contribution in [3.63, 3.8) is 0 Å². The Labute approximate surface area is 119 Å². The van der Waals surface area contributed by atoms with Crippen LogP contribution in [0.25, 0.3) is 0 Å². The number of hydrogen-bond donors (Lipinski definition) is 2. The van der Waals surface area contributed by atoms with Crippen molar-refractivity contribution < 1.29 is 14.7 Å². The number of aliphatic carboxylic acids is 1. The van der Waals surface area contributed by atoms with Crippen LogP contribution in [0.3, 0.4) is 0 Å². The molecule has 19 heavy (non-hydrogen) atoms. The summed E-state index contributed by atoms with van der Waals surface area (Å²) in [6.07, 6.45) is 0. The SMILES string of the molecule is O=C(O)[C@@H]1CSCN1C(=O)NCc1cccc(Cl)c1. The van der Waals surface area contributed by atoms with Gasteiger partial charge in [-0.05, 0) is 17.7 Å². The third-order valence-electron chi connectivity index (χ3n) is 2.76. The van der Waals surface area contributed by atoms with Crippen molar-refractivity contribution >= 4 is 35.4 Å². The molecule has 102 valence electrons. The van der Waals surface area contributed by atoms with E-state index in [4.69, 9.17) is 16.7 Å². The second-order valence-corrected chi connectivity index (χ2v) is 5.55. The average molecular weight is 301 g/mol. The predicted octanol–water partition coefficient (Wildman–Crippen LogP) is 2.01. The fraction of sp³-hybridized carbons (Fsp3) is 0.333. The summed E-state index contributed by atoms with van der Waals surface area (Å²) in [6.45, 7) is 0.326. The van der Waals surface area contributed by atoms with Crippen LogP contribution >= 0.6 is 23.4 Å². The molecule has 5 nitrogen and oxygen atoms in total. The zero-order chi connectivity index (χ0) is 13.8. The molecule has 1 saturated heterocycles. The number of urea groups is 1. The lowest BCUT2D eigenvalue weighted by Crippen LogP contribution is -2.46. The third-order valence-corrected chi connectivity index (χ3v) is 4.01. The minimum atomic E-state index is -0.970. The topological polar surface area (TPSA) is 69.6 Å². The van der Waals surface area contributed by atoms with Gasteiger partial charge in [-0.3, -0.25) is 0 Å². The molecule has 1 atom stereocenters. The Morgan fingerprint density at radius 1 is 1.53 bits per heavy atom. The summed E-state index contributed by atoms with van der Waals surface area (Å²) in [5, 5.41) is 12.3. The maximum atomic E-state index is 11.9. The van der Waals surface area contributed by atoms with Crippen molar-refractivity contribution in [3.8, 4) is 0 Å². The number of amides is 2. The van der Waals surface area contributed by atoms with E-state index in [0.717, 1.165) is 5.56 Å². The first-order valence-corrected chi connectivity index (χ1v) is 7.20. The molecule has 2 amide bonds. The van der Waals surface area contributed by atoms with E-state index in [1.54, 1.807) is 18.2 Å². The molecule has 1 fully saturated rings. The maximum absolute atomic E-state index is 11.9. The molecule has 0 radical (unpaired) electrons. The summed E-state index contributed by atoms with van der Waals surface area (Å²) in [5.74, 6) is -0.138. The van der Waals surface area contributed by atoms with E-state index in [2.05, 4.69) is 5.32 Å². The molecule has 1 heterocycles. The van der Waals surface area contributed by atoms with Crippen molar-refractivity contribution in [1.82, 2.24) is 10.2 Å². The second-order valence-electron chi connectivity index (χ2n) is 4.11. The lowest BCUT2D eigenvalue weighted by molar-refractivity contribution is -0.140. The number of rotatable bonds is 3. The molecule has 0 aromatic heterocycles. The Bertz CT molecular complexity index is 498. The van der Waals surface area contributed by atoms with Crippen LogP contribution in [-0.4, -0.2) is 39.7 Å². The first kappa shape index (κ1) is 14.0. The van der Waals surface area contributed by atoms with E-state index in [1.807, 2.05) is 6.07 Å². The Kier molecular flexibility index (Phi) is 4.55. The Morgan fingerprint density at radius 2 is 2.32 bits per heavy atom. The Hall–Kier alpha value is -1.40. The molecule has 7 heteroatoms. The Morgan fingerprint density at radius 3 is 3.00 bits per heavy atom. The fourth-order valence-electron chi connectivity index (χ4n) is 1.77. The van der Waals surface area contributed by atoms with Gasteiger partial charge in [0.25, 0.3) is 0 Å². The lowest BCUT2D eigenvalue weighted by atomic mass is 10.2. The number of carbonyl (C=O) groups is 2. The van der Waals surface area contributed by atoms with Crippen LogP contribution in [-0.2, 0) is 11.3 Å². The molecule has 1 aromatic carbocycles. The predicted molar refractivity (Wildman–Crippen MR) is 74.3 cm³/mol. The van der Waals surface area contributed by atoms with Crippen LogP contribution in [0.2, 0.25) is 5.02 Å². The van der Waals surface area contributed by atoms with Crippen molar-refractivity contribution in [3.05, 3.63) is 34.9 Å². The summed E-state index contributed by atoms with van der Waals surface area (Å²) >= 11 is 7.28. The van der Waals surface area contributed by atoms with Gasteiger partial charge in [-0.1, -0.05) is 23.7 Å². The van der Waals surface area contributed by atoms with Gasteiger partial charge in [-0.2, -0.15) is 0 Å². The zero-order valence-electron chi connectivity index (χ0n) is 10.0. The van der Waals surface area contributed by atoms with E-state index < -0.39 is 12.0 Å². The zero-order valence-corrected chi connectivity index (χ0v) is 11.6. The fourth-order valence-corrected chi connectivity index (χ4v) is 3.13. The number of halogens is 1. The normalized spacial score (nSPS) is 18.4. The minimum absolute atomic E-state index is 0.326. The van der Waals surface area contributed by atoms with Crippen LogP contribution in [0.1, 0.15) is 5.56 Å². The van der Waals surface area contributed by atoms with Crippen LogP contribution < -0.4 is 5.32 Å². The first-order valence-electron chi connectivity index (χ1n) is 5.67. The Balaban J connectivity index is 1.92. The molecule has 2 rings (SSSR count). The van der Waals surface area contributed by atoms with Crippen LogP contribution in [0.15, 0.2) is 24.3 Å². The van der Waals surface area contributed by atoms with Crippen LogP contribution in [0.4, 0.5) is 4.79 Å². The molecule has 0 spiro atoms. The molecule has 0 bridgehead atoms. The highest BCUT2D eigenvalue weighted by Gasteiger charge is 2.34. The molecule has 1 aliphatic heterocycles. The number of carboxylic acid groups (broad SMARTS) is 1. The summed E-state index contributed by atoms with van der Waals surface area (Å²) in [7, 11) is 0. The van der Waals surface area contributed by atoms with E-state index in [-0.39, 0.29) is 6.03 Å². The van der Waals surface area contributed by atoms with Gasteiger partial charge >= 0.3 is 12.0 Å². The standard InChI is InChI=1S/C12H13ClN2O3S/c13-9-3-1-2-8(4-9)5-14-12(18)15-7-19-6-10(15)11(16)17/h1-4,10H,5-7H2,(H,14,18)(H,16,17)/t10-/m0/s1. The monoisotopic (exact) mass is 300 g/mol. The number of benzene rings is 1. The van der Waals surface area contributed by atoms with Gasteiger partial charge in [0.2, 0.25) is 0 Å². The molecule has 2 N–H and O–H groups in total. The smallest absolute Gasteiger partial charge is 0.327 e. The lowest BCUT2D eigenvalue weighted by Gasteiger charge is -2.20. The van der Waals surface area contributed by atoms with Gasteiger partial charge in [-0.25, -0.2) is 9.59 Å². The highest BCUT2D eigenvalue weighted by atomic mass is 35.5. The van der Waals surface area contributed by atoms with Crippen LogP contribution in [0.5, 0.6) is 0 Å². The first-order chi connectivity index (χ1) is 9.08. The van der Waals surface area contributed by atoms with Gasteiger partial charge in [0, 0.05) is 17.3 Å². The molecular weight excluding hydrogens is 288 g/mol. The van der Waals surface area contributed by atoms with Crippen LogP contribution in [0, 0.1) is 0 Å². The van der Waals surface area contributed by atoms with E-state index in [0.29, 0.717) is 23.2 Å². The molecule has 0 unspecified atom stereocenters. The number of nitrogens with zero attached hydrogens (tertiary/aromatic N) is 1. The maximum Gasteiger partial charge on any atom is 0.327 e. The number of carboxylic acids is 1. The quantitative estimate of drug-likeness (QED) is 0.896. The summed E-state index contributed by atoms with van der Waals surface area (Å²) < 4.78 is 0. The van der Waals surface area contributed by atoms with Gasteiger partial charge in [0.05, 0.1) is 5.88 Å². The second kappa shape index (κ2) is 6.16. The summed E-state index contributed by atoms with van der Waals surface area (Å²) in [5.41, 5.74) is 0.875. The summed E-state index contributed by atoms with van der Waals surface area (Å²) in [4.78, 5) is 24.2.